The number of hydrogen-bond acceptors (Lipinski definition) is 7. The van der Waals surface area contributed by atoms with Crippen LogP contribution in [0, 0.1) is 6.92 Å². The van der Waals surface area contributed by atoms with Gasteiger partial charge in [-0.3, -0.25) is 9.52 Å². The number of rotatable bonds is 7. The van der Waals surface area contributed by atoms with Crippen LogP contribution in [-0.2, 0) is 14.8 Å². The Hall–Kier alpha value is -2.30. The molecule has 0 aliphatic rings. The van der Waals surface area contributed by atoms with Gasteiger partial charge in [0.1, 0.15) is 9.97 Å². The molecule has 0 fully saturated rings. The van der Waals surface area contributed by atoms with Gasteiger partial charge in [-0.2, -0.15) is 0 Å². The summed E-state index contributed by atoms with van der Waals surface area (Å²) < 4.78 is 32.0. The highest BCUT2D eigenvalue weighted by molar-refractivity contribution is 8.00. The van der Waals surface area contributed by atoms with Crippen LogP contribution in [0.3, 0.4) is 0 Å². The van der Waals surface area contributed by atoms with Crippen molar-refractivity contribution in [2.24, 2.45) is 0 Å². The molecule has 2 heterocycles. The van der Waals surface area contributed by atoms with E-state index in [0.717, 1.165) is 16.2 Å². The molecule has 0 saturated heterocycles. The second-order valence-electron chi connectivity index (χ2n) is 5.22. The van der Waals surface area contributed by atoms with Gasteiger partial charge in [-0.1, -0.05) is 11.2 Å². The van der Waals surface area contributed by atoms with Crippen LogP contribution >= 0.6 is 23.1 Å². The Morgan fingerprint density at radius 3 is 2.65 bits per heavy atom. The number of thiophene rings is 1. The molecule has 0 saturated carbocycles. The number of nitrogens with one attached hydrogen (secondary N) is 2. The summed E-state index contributed by atoms with van der Waals surface area (Å²) in [7, 11) is -3.56. The lowest BCUT2D eigenvalue weighted by molar-refractivity contribution is -0.113. The quantitative estimate of drug-likeness (QED) is 0.579. The van der Waals surface area contributed by atoms with E-state index in [1.54, 1.807) is 54.8 Å². The SMILES string of the molecule is Cc1cc(NC(=O)CSc2ccc(NS(=O)(=O)c3cccs3)cc2)no1. The van der Waals surface area contributed by atoms with E-state index < -0.39 is 10.0 Å². The van der Waals surface area contributed by atoms with Crippen LogP contribution in [0.4, 0.5) is 11.5 Å². The molecule has 0 radical (unpaired) electrons. The minimum absolute atomic E-state index is 0.201. The second kappa shape index (κ2) is 7.94. The average molecular weight is 410 g/mol. The van der Waals surface area contributed by atoms with E-state index in [0.29, 0.717) is 17.3 Å². The number of nitrogens with zero attached hydrogens (tertiary/aromatic N) is 1. The molecule has 3 aromatic rings. The molecule has 0 aliphatic carbocycles. The monoisotopic (exact) mass is 409 g/mol. The number of hydrogen-bond donors (Lipinski definition) is 2. The molecule has 0 unspecified atom stereocenters. The predicted octanol–water partition coefficient (Wildman–Crippen LogP) is 3.58. The van der Waals surface area contributed by atoms with Gasteiger partial charge in [0, 0.05) is 16.6 Å². The first-order valence-electron chi connectivity index (χ1n) is 7.45. The molecule has 2 aromatic heterocycles. The summed E-state index contributed by atoms with van der Waals surface area (Å²) in [6.45, 7) is 1.74. The minimum atomic E-state index is -3.56. The fraction of sp³-hybridized carbons (Fsp3) is 0.125. The van der Waals surface area contributed by atoms with Crippen molar-refractivity contribution in [3.05, 3.63) is 53.6 Å². The van der Waals surface area contributed by atoms with Crippen molar-refractivity contribution in [3.8, 4) is 0 Å². The molecule has 2 N–H and O–H groups in total. The van der Waals surface area contributed by atoms with Gasteiger partial charge in [0.15, 0.2) is 5.82 Å². The smallest absolute Gasteiger partial charge is 0.271 e. The Balaban J connectivity index is 1.54. The van der Waals surface area contributed by atoms with Crippen LogP contribution in [0.25, 0.3) is 0 Å². The van der Waals surface area contributed by atoms with Crippen LogP contribution in [0.5, 0.6) is 0 Å². The van der Waals surface area contributed by atoms with E-state index in [1.807, 2.05) is 0 Å². The summed E-state index contributed by atoms with van der Waals surface area (Å²) in [6.07, 6.45) is 0. The highest BCUT2D eigenvalue weighted by Crippen LogP contribution is 2.24. The lowest BCUT2D eigenvalue weighted by Gasteiger charge is -2.07. The lowest BCUT2D eigenvalue weighted by Crippen LogP contribution is -2.14. The zero-order chi connectivity index (χ0) is 18.6. The molecule has 3 rings (SSSR count). The Morgan fingerprint density at radius 1 is 1.27 bits per heavy atom. The molecule has 26 heavy (non-hydrogen) atoms. The number of carbonyl (C=O) groups is 1. The van der Waals surface area contributed by atoms with E-state index in [2.05, 4.69) is 15.2 Å². The predicted molar refractivity (Wildman–Crippen MR) is 102 cm³/mol. The fourth-order valence-electron chi connectivity index (χ4n) is 1.99. The molecule has 1 aromatic carbocycles. The molecule has 0 aliphatic heterocycles. The molecule has 7 nitrogen and oxygen atoms in total. The van der Waals surface area contributed by atoms with Crippen LogP contribution in [-0.4, -0.2) is 25.2 Å². The van der Waals surface area contributed by atoms with E-state index in [9.17, 15) is 13.2 Å². The van der Waals surface area contributed by atoms with Gasteiger partial charge in [0.05, 0.1) is 5.75 Å². The first-order chi connectivity index (χ1) is 12.4. The number of amides is 1. The molecular formula is C16H15N3O4S3. The molecule has 0 bridgehead atoms. The van der Waals surface area contributed by atoms with Gasteiger partial charge >= 0.3 is 0 Å². The first kappa shape index (κ1) is 18.5. The summed E-state index contributed by atoms with van der Waals surface area (Å²) in [5.74, 6) is 0.998. The highest BCUT2D eigenvalue weighted by atomic mass is 32.2. The maximum atomic E-state index is 12.2. The van der Waals surface area contributed by atoms with E-state index in [-0.39, 0.29) is 15.9 Å². The Morgan fingerprint density at radius 2 is 2.04 bits per heavy atom. The summed E-state index contributed by atoms with van der Waals surface area (Å²) in [6, 6.07) is 11.7. The van der Waals surface area contributed by atoms with Gasteiger partial charge in [0.25, 0.3) is 10.0 Å². The second-order valence-corrected chi connectivity index (χ2v) is 9.13. The molecule has 136 valence electrons. The number of carbonyl (C=O) groups excluding carboxylic acids is 1. The van der Waals surface area contributed by atoms with E-state index in [4.69, 9.17) is 4.52 Å². The van der Waals surface area contributed by atoms with Crippen LogP contribution < -0.4 is 10.0 Å². The normalized spacial score (nSPS) is 11.3. The van der Waals surface area contributed by atoms with Crippen LogP contribution in [0.15, 0.2) is 61.5 Å². The highest BCUT2D eigenvalue weighted by Gasteiger charge is 2.15. The number of benzene rings is 1. The number of sulfonamides is 1. The van der Waals surface area contributed by atoms with Crippen molar-refractivity contribution in [1.29, 1.82) is 0 Å². The lowest BCUT2D eigenvalue weighted by atomic mass is 10.3. The Kier molecular flexibility index (Phi) is 5.64. The number of thioether (sulfide) groups is 1. The van der Waals surface area contributed by atoms with Crippen molar-refractivity contribution in [3.63, 3.8) is 0 Å². The van der Waals surface area contributed by atoms with Gasteiger partial charge in [-0.25, -0.2) is 8.42 Å². The van der Waals surface area contributed by atoms with Gasteiger partial charge in [-0.15, -0.1) is 23.1 Å². The topological polar surface area (TPSA) is 101 Å². The minimum Gasteiger partial charge on any atom is -0.360 e. The third kappa shape index (κ3) is 4.87. The molecule has 10 heteroatoms. The Bertz CT molecular complexity index is 980. The number of aromatic nitrogens is 1. The van der Waals surface area contributed by atoms with Crippen LogP contribution in [0.2, 0.25) is 0 Å². The van der Waals surface area contributed by atoms with E-state index >= 15 is 0 Å². The third-order valence-electron chi connectivity index (χ3n) is 3.13. The first-order valence-corrected chi connectivity index (χ1v) is 10.8. The summed E-state index contributed by atoms with van der Waals surface area (Å²) in [5, 5.41) is 8.04. The summed E-state index contributed by atoms with van der Waals surface area (Å²) in [5.41, 5.74) is 0.463. The summed E-state index contributed by atoms with van der Waals surface area (Å²) >= 11 is 2.49. The average Bonchev–Trinajstić information content (AvgIpc) is 3.26. The molecular weight excluding hydrogens is 394 g/mol. The molecule has 0 spiro atoms. The van der Waals surface area contributed by atoms with Gasteiger partial charge < -0.3 is 9.84 Å². The van der Waals surface area contributed by atoms with Gasteiger partial charge in [0.2, 0.25) is 5.91 Å². The number of anilines is 2. The maximum Gasteiger partial charge on any atom is 0.271 e. The Labute approximate surface area is 158 Å². The maximum absolute atomic E-state index is 12.2. The van der Waals surface area contributed by atoms with Gasteiger partial charge in [-0.05, 0) is 42.6 Å². The van der Waals surface area contributed by atoms with E-state index in [1.165, 1.54) is 11.8 Å². The fourth-order valence-corrected chi connectivity index (χ4v) is 4.74. The number of aryl methyl sites for hydroxylation is 1. The van der Waals surface area contributed by atoms with Crippen molar-refractivity contribution >= 4 is 50.5 Å². The van der Waals surface area contributed by atoms with Crippen molar-refractivity contribution in [1.82, 2.24) is 5.16 Å². The zero-order valence-corrected chi connectivity index (χ0v) is 16.1. The van der Waals surface area contributed by atoms with Crippen molar-refractivity contribution < 1.29 is 17.7 Å². The zero-order valence-electron chi connectivity index (χ0n) is 13.6. The summed E-state index contributed by atoms with van der Waals surface area (Å²) in [4.78, 5) is 12.7. The standard InChI is InChI=1S/C16H15N3O4S3/c1-11-9-14(18-23-11)17-15(20)10-25-13-6-4-12(5-7-13)19-26(21,22)16-3-2-8-24-16/h2-9,19H,10H2,1H3,(H,17,18,20). The largest absolute Gasteiger partial charge is 0.360 e. The molecule has 1 amide bonds. The van der Waals surface area contributed by atoms with Crippen molar-refractivity contribution in [2.45, 2.75) is 16.0 Å². The van der Waals surface area contributed by atoms with Crippen LogP contribution in [0.1, 0.15) is 5.76 Å². The molecule has 0 atom stereocenters. The van der Waals surface area contributed by atoms with Crippen molar-refractivity contribution in [2.75, 3.05) is 15.8 Å². The third-order valence-corrected chi connectivity index (χ3v) is 6.92.